The highest BCUT2D eigenvalue weighted by molar-refractivity contribution is 5.91. The first-order valence-corrected chi connectivity index (χ1v) is 5.59. The molecule has 17 heavy (non-hydrogen) atoms. The number of rotatable bonds is 3. The van der Waals surface area contributed by atoms with Crippen LogP contribution in [-0.2, 0) is 4.74 Å². The van der Waals surface area contributed by atoms with Gasteiger partial charge in [0.2, 0.25) is 0 Å². The molecule has 4 heteroatoms. The second kappa shape index (κ2) is 5.08. The highest BCUT2D eigenvalue weighted by Gasteiger charge is 2.15. The van der Waals surface area contributed by atoms with Crippen LogP contribution in [-0.4, -0.2) is 18.2 Å². The second-order valence-electron chi connectivity index (χ2n) is 4.69. The van der Waals surface area contributed by atoms with Crippen molar-refractivity contribution >= 4 is 11.7 Å². The molecule has 1 aromatic carbocycles. The van der Waals surface area contributed by atoms with Gasteiger partial charge in [0.05, 0.1) is 17.9 Å². The van der Waals surface area contributed by atoms with Crippen molar-refractivity contribution in [3.63, 3.8) is 0 Å². The molecule has 0 radical (unpaired) electrons. The van der Waals surface area contributed by atoms with Crippen molar-refractivity contribution in [1.82, 2.24) is 0 Å². The molecule has 0 saturated carbocycles. The SMILES string of the molecule is CCOC(=O)c1ccc(OC(C)(C)C)c(N)c1. The Balaban J connectivity index is 2.90. The summed E-state index contributed by atoms with van der Waals surface area (Å²) in [7, 11) is 0. The second-order valence-corrected chi connectivity index (χ2v) is 4.69. The van der Waals surface area contributed by atoms with Crippen molar-refractivity contribution < 1.29 is 14.3 Å². The zero-order chi connectivity index (χ0) is 13.1. The minimum Gasteiger partial charge on any atom is -0.486 e. The van der Waals surface area contributed by atoms with Gasteiger partial charge >= 0.3 is 5.97 Å². The van der Waals surface area contributed by atoms with Gasteiger partial charge in [-0.05, 0) is 45.9 Å². The molecular weight excluding hydrogens is 218 g/mol. The average Bonchev–Trinajstić information content (AvgIpc) is 2.19. The fourth-order valence-electron chi connectivity index (χ4n) is 1.31. The smallest absolute Gasteiger partial charge is 0.338 e. The van der Waals surface area contributed by atoms with Crippen LogP contribution in [0.3, 0.4) is 0 Å². The molecule has 0 unspecified atom stereocenters. The summed E-state index contributed by atoms with van der Waals surface area (Å²) in [6.07, 6.45) is 0. The number of carbonyl (C=O) groups excluding carboxylic acids is 1. The molecule has 1 rings (SSSR count). The lowest BCUT2D eigenvalue weighted by Crippen LogP contribution is -2.23. The van der Waals surface area contributed by atoms with E-state index in [1.165, 1.54) is 0 Å². The van der Waals surface area contributed by atoms with Crippen LogP contribution >= 0.6 is 0 Å². The summed E-state index contributed by atoms with van der Waals surface area (Å²) >= 11 is 0. The summed E-state index contributed by atoms with van der Waals surface area (Å²) in [5, 5.41) is 0. The van der Waals surface area contributed by atoms with Gasteiger partial charge in [-0.15, -0.1) is 0 Å². The van der Waals surface area contributed by atoms with Crippen molar-refractivity contribution in [2.24, 2.45) is 0 Å². The maximum atomic E-state index is 11.5. The highest BCUT2D eigenvalue weighted by Crippen LogP contribution is 2.26. The Morgan fingerprint density at radius 1 is 1.35 bits per heavy atom. The van der Waals surface area contributed by atoms with Crippen LogP contribution < -0.4 is 10.5 Å². The first-order valence-electron chi connectivity index (χ1n) is 5.59. The molecule has 94 valence electrons. The van der Waals surface area contributed by atoms with E-state index in [1.807, 2.05) is 20.8 Å². The third-order valence-electron chi connectivity index (χ3n) is 1.94. The Kier molecular flexibility index (Phi) is 3.99. The molecular formula is C13H19NO3. The molecule has 0 amide bonds. The predicted molar refractivity (Wildman–Crippen MR) is 67.2 cm³/mol. The molecule has 0 aliphatic rings. The van der Waals surface area contributed by atoms with Crippen molar-refractivity contribution in [2.75, 3.05) is 12.3 Å². The Labute approximate surface area is 102 Å². The Morgan fingerprint density at radius 3 is 2.47 bits per heavy atom. The summed E-state index contributed by atoms with van der Waals surface area (Å²) < 4.78 is 10.5. The van der Waals surface area contributed by atoms with Crippen molar-refractivity contribution in [1.29, 1.82) is 0 Å². The average molecular weight is 237 g/mol. The number of anilines is 1. The lowest BCUT2D eigenvalue weighted by Gasteiger charge is -2.22. The zero-order valence-corrected chi connectivity index (χ0v) is 10.7. The zero-order valence-electron chi connectivity index (χ0n) is 10.7. The summed E-state index contributed by atoms with van der Waals surface area (Å²) in [5.41, 5.74) is 6.38. The van der Waals surface area contributed by atoms with Crippen molar-refractivity contribution in [3.05, 3.63) is 23.8 Å². The molecule has 0 fully saturated rings. The highest BCUT2D eigenvalue weighted by atomic mass is 16.5. The van der Waals surface area contributed by atoms with Crippen molar-refractivity contribution in [2.45, 2.75) is 33.3 Å². The number of esters is 1. The summed E-state index contributed by atoms with van der Waals surface area (Å²) in [6.45, 7) is 7.92. The van der Waals surface area contributed by atoms with Crippen LogP contribution in [0.4, 0.5) is 5.69 Å². The minimum atomic E-state index is -0.374. The quantitative estimate of drug-likeness (QED) is 0.648. The fourth-order valence-corrected chi connectivity index (χ4v) is 1.31. The first-order chi connectivity index (χ1) is 7.83. The van der Waals surface area contributed by atoms with Gasteiger partial charge < -0.3 is 15.2 Å². The number of ether oxygens (including phenoxy) is 2. The predicted octanol–water partition coefficient (Wildman–Crippen LogP) is 2.62. The van der Waals surface area contributed by atoms with Gasteiger partial charge in [-0.3, -0.25) is 0 Å². The first kappa shape index (κ1) is 13.4. The van der Waals surface area contributed by atoms with E-state index in [4.69, 9.17) is 15.2 Å². The number of nitrogen functional groups attached to an aromatic ring is 1. The van der Waals surface area contributed by atoms with E-state index in [0.29, 0.717) is 23.6 Å². The number of carbonyl (C=O) groups is 1. The monoisotopic (exact) mass is 237 g/mol. The number of nitrogens with two attached hydrogens (primary N) is 1. The molecule has 0 saturated heterocycles. The maximum absolute atomic E-state index is 11.5. The lowest BCUT2D eigenvalue weighted by atomic mass is 10.1. The van der Waals surface area contributed by atoms with Crippen LogP contribution in [0.5, 0.6) is 5.75 Å². The fraction of sp³-hybridized carbons (Fsp3) is 0.462. The molecule has 0 aromatic heterocycles. The number of benzene rings is 1. The van der Waals surface area contributed by atoms with Crippen molar-refractivity contribution in [3.8, 4) is 5.75 Å². The van der Waals surface area contributed by atoms with E-state index in [2.05, 4.69) is 0 Å². The van der Waals surface area contributed by atoms with E-state index in [1.54, 1.807) is 25.1 Å². The Morgan fingerprint density at radius 2 is 2.00 bits per heavy atom. The molecule has 1 aromatic rings. The van der Waals surface area contributed by atoms with Gasteiger partial charge in [0.1, 0.15) is 11.4 Å². The maximum Gasteiger partial charge on any atom is 0.338 e. The molecule has 2 N–H and O–H groups in total. The number of hydrogen-bond acceptors (Lipinski definition) is 4. The molecule has 0 heterocycles. The van der Waals surface area contributed by atoms with E-state index >= 15 is 0 Å². The normalized spacial score (nSPS) is 11.1. The van der Waals surface area contributed by atoms with Gasteiger partial charge in [-0.25, -0.2) is 4.79 Å². The van der Waals surface area contributed by atoms with Gasteiger partial charge in [0, 0.05) is 0 Å². The molecule has 0 aliphatic heterocycles. The van der Waals surface area contributed by atoms with E-state index in [-0.39, 0.29) is 11.6 Å². The van der Waals surface area contributed by atoms with Crippen LogP contribution in [0, 0.1) is 0 Å². The van der Waals surface area contributed by atoms with Gasteiger partial charge in [-0.1, -0.05) is 0 Å². The van der Waals surface area contributed by atoms with Gasteiger partial charge in [-0.2, -0.15) is 0 Å². The molecule has 4 nitrogen and oxygen atoms in total. The Hall–Kier alpha value is -1.71. The van der Waals surface area contributed by atoms with Crippen LogP contribution in [0.15, 0.2) is 18.2 Å². The standard InChI is InChI=1S/C13H19NO3/c1-5-16-12(15)9-6-7-11(10(14)8-9)17-13(2,3)4/h6-8H,5,14H2,1-4H3. The molecule has 0 atom stereocenters. The largest absolute Gasteiger partial charge is 0.486 e. The third-order valence-corrected chi connectivity index (χ3v) is 1.94. The van der Waals surface area contributed by atoms with Gasteiger partial charge in [0.15, 0.2) is 0 Å². The lowest BCUT2D eigenvalue weighted by molar-refractivity contribution is 0.0526. The van der Waals surface area contributed by atoms with E-state index in [9.17, 15) is 4.79 Å². The molecule has 0 aliphatic carbocycles. The topological polar surface area (TPSA) is 61.5 Å². The van der Waals surface area contributed by atoms with E-state index in [0.717, 1.165) is 0 Å². The van der Waals surface area contributed by atoms with Crippen LogP contribution in [0.1, 0.15) is 38.1 Å². The molecule has 0 spiro atoms. The minimum absolute atomic E-state index is 0.320. The summed E-state index contributed by atoms with van der Waals surface area (Å²) in [6, 6.07) is 4.90. The Bertz CT molecular complexity index is 408. The van der Waals surface area contributed by atoms with Gasteiger partial charge in [0.25, 0.3) is 0 Å². The van der Waals surface area contributed by atoms with Crippen LogP contribution in [0.25, 0.3) is 0 Å². The van der Waals surface area contributed by atoms with Crippen LogP contribution in [0.2, 0.25) is 0 Å². The third kappa shape index (κ3) is 3.98. The van der Waals surface area contributed by atoms with E-state index < -0.39 is 0 Å². The summed E-state index contributed by atoms with van der Waals surface area (Å²) in [4.78, 5) is 11.5. The molecule has 0 bridgehead atoms. The number of hydrogen-bond donors (Lipinski definition) is 1. The summed E-state index contributed by atoms with van der Waals surface area (Å²) in [5.74, 6) is 0.201.